The van der Waals surface area contributed by atoms with Gasteiger partial charge in [-0.1, -0.05) is 6.92 Å². The fourth-order valence-electron chi connectivity index (χ4n) is 2.13. The van der Waals surface area contributed by atoms with Crippen LogP contribution in [-0.2, 0) is 13.0 Å². The average molecular weight is 268 g/mol. The number of aromatic nitrogens is 2. The summed E-state index contributed by atoms with van der Waals surface area (Å²) in [6.45, 7) is 2.58. The minimum Gasteiger partial charge on any atom is -0.444 e. The monoisotopic (exact) mass is 268 g/mol. The summed E-state index contributed by atoms with van der Waals surface area (Å²) in [4.78, 5) is 8.34. The lowest BCUT2D eigenvalue weighted by molar-refractivity contribution is 0.466. The molecule has 5 nitrogen and oxygen atoms in total. The van der Waals surface area contributed by atoms with E-state index >= 15 is 0 Å². The Morgan fingerprint density at radius 3 is 2.90 bits per heavy atom. The van der Waals surface area contributed by atoms with Gasteiger partial charge >= 0.3 is 0 Å². The predicted molar refractivity (Wildman–Crippen MR) is 79.4 cm³/mol. The Morgan fingerprint density at radius 1 is 1.20 bits per heavy atom. The molecule has 0 bridgehead atoms. The summed E-state index contributed by atoms with van der Waals surface area (Å²) in [5.74, 6) is 1.58. The quantitative estimate of drug-likeness (QED) is 0.711. The van der Waals surface area contributed by atoms with E-state index < -0.39 is 0 Å². The van der Waals surface area contributed by atoms with Crippen molar-refractivity contribution in [3.8, 4) is 0 Å². The molecular formula is C15H16N4O. The van der Waals surface area contributed by atoms with Gasteiger partial charge in [0.05, 0.1) is 12.7 Å². The van der Waals surface area contributed by atoms with E-state index in [-0.39, 0.29) is 0 Å². The number of benzene rings is 1. The third-order valence-corrected chi connectivity index (χ3v) is 3.23. The molecule has 0 radical (unpaired) electrons. The molecule has 20 heavy (non-hydrogen) atoms. The van der Waals surface area contributed by atoms with Gasteiger partial charge in [0.2, 0.25) is 5.89 Å². The molecule has 2 aromatic heterocycles. The Bertz CT molecular complexity index is 736. The Balaban J connectivity index is 1.86. The van der Waals surface area contributed by atoms with Crippen LogP contribution in [0.2, 0.25) is 0 Å². The number of nitrogens with one attached hydrogen (secondary N) is 1. The molecular weight excluding hydrogens is 252 g/mol. The van der Waals surface area contributed by atoms with Crippen molar-refractivity contribution in [1.29, 1.82) is 0 Å². The van der Waals surface area contributed by atoms with Crippen molar-refractivity contribution in [1.82, 2.24) is 9.97 Å². The fourth-order valence-corrected chi connectivity index (χ4v) is 2.13. The highest BCUT2D eigenvalue weighted by Crippen LogP contribution is 2.27. The van der Waals surface area contributed by atoms with Crippen LogP contribution in [0, 0.1) is 0 Å². The molecule has 0 fully saturated rings. The van der Waals surface area contributed by atoms with Crippen LogP contribution in [0.15, 0.2) is 41.2 Å². The normalized spacial score (nSPS) is 10.8. The number of anilines is 2. The first-order chi connectivity index (χ1) is 9.78. The van der Waals surface area contributed by atoms with Crippen LogP contribution in [0.4, 0.5) is 11.4 Å². The van der Waals surface area contributed by atoms with Crippen molar-refractivity contribution in [2.24, 2.45) is 0 Å². The smallest absolute Gasteiger partial charge is 0.213 e. The third-order valence-electron chi connectivity index (χ3n) is 3.23. The zero-order valence-electron chi connectivity index (χ0n) is 11.3. The minimum absolute atomic E-state index is 0.543. The molecule has 102 valence electrons. The van der Waals surface area contributed by atoms with Gasteiger partial charge in [-0.2, -0.15) is 0 Å². The summed E-state index contributed by atoms with van der Waals surface area (Å²) in [6.07, 6.45) is 6.15. The van der Waals surface area contributed by atoms with E-state index in [2.05, 4.69) is 15.3 Å². The molecule has 0 aliphatic rings. The second kappa shape index (κ2) is 5.21. The number of fused-ring (bicyclic) bond motifs is 1. The first kappa shape index (κ1) is 12.5. The Hall–Kier alpha value is -2.56. The van der Waals surface area contributed by atoms with E-state index in [0.29, 0.717) is 12.4 Å². The van der Waals surface area contributed by atoms with Gasteiger partial charge in [0.15, 0.2) is 0 Å². The van der Waals surface area contributed by atoms with Gasteiger partial charge in [0, 0.05) is 41.0 Å². The molecule has 0 spiro atoms. The highest BCUT2D eigenvalue weighted by molar-refractivity contribution is 6.00. The molecule has 3 N–H and O–H groups in total. The van der Waals surface area contributed by atoms with Crippen LogP contribution in [0.5, 0.6) is 0 Å². The molecule has 2 heterocycles. The molecule has 0 saturated heterocycles. The van der Waals surface area contributed by atoms with Gasteiger partial charge in [-0.25, -0.2) is 4.98 Å². The maximum absolute atomic E-state index is 5.96. The van der Waals surface area contributed by atoms with Crippen molar-refractivity contribution in [2.75, 3.05) is 11.1 Å². The predicted octanol–water partition coefficient (Wildman–Crippen LogP) is 2.98. The van der Waals surface area contributed by atoms with E-state index in [9.17, 15) is 0 Å². The summed E-state index contributed by atoms with van der Waals surface area (Å²) >= 11 is 0. The number of nitrogens with two attached hydrogens (primary N) is 1. The van der Waals surface area contributed by atoms with Crippen LogP contribution < -0.4 is 11.1 Å². The summed E-state index contributed by atoms with van der Waals surface area (Å²) in [5, 5.41) is 5.32. The Labute approximate surface area is 116 Å². The number of rotatable bonds is 4. The molecule has 0 aliphatic heterocycles. The summed E-state index contributed by atoms with van der Waals surface area (Å²) in [6, 6.07) is 5.78. The SMILES string of the molecule is CCc1cnc(CNc2ccc(N)c3cnccc23)o1. The number of hydrogen-bond donors (Lipinski definition) is 2. The lowest BCUT2D eigenvalue weighted by atomic mass is 10.1. The maximum Gasteiger partial charge on any atom is 0.213 e. The lowest BCUT2D eigenvalue weighted by Gasteiger charge is -2.09. The van der Waals surface area contributed by atoms with E-state index in [0.717, 1.165) is 34.3 Å². The van der Waals surface area contributed by atoms with E-state index in [1.165, 1.54) is 0 Å². The van der Waals surface area contributed by atoms with Crippen molar-refractivity contribution in [3.63, 3.8) is 0 Å². The molecule has 0 atom stereocenters. The molecule has 0 unspecified atom stereocenters. The first-order valence-electron chi connectivity index (χ1n) is 6.57. The van der Waals surface area contributed by atoms with Crippen molar-refractivity contribution >= 4 is 22.1 Å². The van der Waals surface area contributed by atoms with Gasteiger partial charge < -0.3 is 15.5 Å². The van der Waals surface area contributed by atoms with Crippen molar-refractivity contribution in [2.45, 2.75) is 19.9 Å². The number of oxazole rings is 1. The minimum atomic E-state index is 0.543. The van der Waals surface area contributed by atoms with Crippen LogP contribution in [0.1, 0.15) is 18.6 Å². The van der Waals surface area contributed by atoms with E-state index in [4.69, 9.17) is 10.2 Å². The third kappa shape index (κ3) is 2.30. The topological polar surface area (TPSA) is 77.0 Å². The van der Waals surface area contributed by atoms with Gasteiger partial charge in [0.25, 0.3) is 0 Å². The van der Waals surface area contributed by atoms with Gasteiger partial charge in [-0.15, -0.1) is 0 Å². The Kier molecular flexibility index (Phi) is 3.25. The van der Waals surface area contributed by atoms with Crippen molar-refractivity contribution in [3.05, 3.63) is 48.4 Å². The van der Waals surface area contributed by atoms with Crippen LogP contribution in [0.3, 0.4) is 0 Å². The molecule has 3 aromatic rings. The van der Waals surface area contributed by atoms with E-state index in [1.54, 1.807) is 18.6 Å². The zero-order valence-corrected chi connectivity index (χ0v) is 11.3. The molecule has 0 aliphatic carbocycles. The molecule has 0 amide bonds. The van der Waals surface area contributed by atoms with Gasteiger partial charge in [-0.3, -0.25) is 4.98 Å². The number of nitrogen functional groups attached to an aromatic ring is 1. The summed E-state index contributed by atoms with van der Waals surface area (Å²) < 4.78 is 5.58. The first-order valence-corrected chi connectivity index (χ1v) is 6.57. The highest BCUT2D eigenvalue weighted by Gasteiger charge is 2.06. The van der Waals surface area contributed by atoms with Gasteiger partial charge in [0.1, 0.15) is 5.76 Å². The number of hydrogen-bond acceptors (Lipinski definition) is 5. The molecule has 0 saturated carbocycles. The standard InChI is InChI=1S/C15H16N4O/c1-2-10-7-19-15(20-10)9-18-14-4-3-13(16)12-8-17-6-5-11(12)14/h3-8,18H,2,9,16H2,1H3. The maximum atomic E-state index is 5.96. The molecule has 3 rings (SSSR count). The highest BCUT2D eigenvalue weighted by atomic mass is 16.4. The lowest BCUT2D eigenvalue weighted by Crippen LogP contribution is -2.01. The zero-order chi connectivity index (χ0) is 13.9. The van der Waals surface area contributed by atoms with E-state index in [1.807, 2.05) is 25.1 Å². The summed E-state index contributed by atoms with van der Waals surface area (Å²) in [5.41, 5.74) is 7.67. The second-order valence-electron chi connectivity index (χ2n) is 4.55. The van der Waals surface area contributed by atoms with Crippen LogP contribution in [-0.4, -0.2) is 9.97 Å². The number of pyridine rings is 1. The second-order valence-corrected chi connectivity index (χ2v) is 4.55. The van der Waals surface area contributed by atoms with Crippen LogP contribution in [0.25, 0.3) is 10.8 Å². The summed E-state index contributed by atoms with van der Waals surface area (Å²) in [7, 11) is 0. The van der Waals surface area contributed by atoms with Gasteiger partial charge in [-0.05, 0) is 18.2 Å². The Morgan fingerprint density at radius 2 is 2.10 bits per heavy atom. The van der Waals surface area contributed by atoms with Crippen molar-refractivity contribution < 1.29 is 4.42 Å². The van der Waals surface area contributed by atoms with Crippen LogP contribution >= 0.6 is 0 Å². The largest absolute Gasteiger partial charge is 0.444 e. The average Bonchev–Trinajstić information content (AvgIpc) is 2.95. The molecule has 5 heteroatoms. The fraction of sp³-hybridized carbons (Fsp3) is 0.200. The molecule has 1 aromatic carbocycles. The number of aryl methyl sites for hydroxylation is 1. The number of nitrogens with zero attached hydrogens (tertiary/aromatic N) is 2.